The number of rotatable bonds is 5. The summed E-state index contributed by atoms with van der Waals surface area (Å²) in [5.41, 5.74) is 8.04. The summed E-state index contributed by atoms with van der Waals surface area (Å²) in [6.07, 6.45) is 5.21. The lowest BCUT2D eigenvalue weighted by molar-refractivity contribution is 0.0115. The van der Waals surface area contributed by atoms with Crippen LogP contribution in [0.4, 0.5) is 8.78 Å². The van der Waals surface area contributed by atoms with Gasteiger partial charge < -0.3 is 4.98 Å². The van der Waals surface area contributed by atoms with E-state index in [1.807, 2.05) is 29.6 Å². The van der Waals surface area contributed by atoms with E-state index in [1.54, 1.807) is 34.8 Å². The molecular formula is C27H21F2N7S. The van der Waals surface area contributed by atoms with E-state index in [0.717, 1.165) is 44.2 Å². The first-order valence-electron chi connectivity index (χ1n) is 11.9. The van der Waals surface area contributed by atoms with Gasteiger partial charge in [-0.3, -0.25) is 15.0 Å². The molecule has 1 aliphatic heterocycles. The van der Waals surface area contributed by atoms with E-state index in [-0.39, 0.29) is 13.0 Å². The lowest BCUT2D eigenvalue weighted by Crippen LogP contribution is -2.24. The average Bonchev–Trinajstić information content (AvgIpc) is 3.69. The summed E-state index contributed by atoms with van der Waals surface area (Å²) < 4.78 is 27.2. The van der Waals surface area contributed by atoms with E-state index in [1.165, 1.54) is 0 Å². The van der Waals surface area contributed by atoms with Crippen LogP contribution >= 0.6 is 11.3 Å². The monoisotopic (exact) mass is 513 g/mol. The molecule has 5 aromatic heterocycles. The average molecular weight is 514 g/mol. The number of alkyl halides is 2. The minimum atomic E-state index is -2.61. The highest BCUT2D eigenvalue weighted by atomic mass is 32.1. The Morgan fingerprint density at radius 2 is 2.00 bits per heavy atom. The van der Waals surface area contributed by atoms with Gasteiger partial charge in [-0.2, -0.15) is 16.4 Å². The molecule has 10 heteroatoms. The molecule has 184 valence electrons. The van der Waals surface area contributed by atoms with E-state index >= 15 is 0 Å². The van der Waals surface area contributed by atoms with Gasteiger partial charge in [-0.25, -0.2) is 18.7 Å². The second-order valence-electron chi connectivity index (χ2n) is 9.39. The topological polar surface area (TPSA) is 86.4 Å². The quantitative estimate of drug-likeness (QED) is 0.290. The Morgan fingerprint density at radius 3 is 2.84 bits per heavy atom. The maximum absolute atomic E-state index is 13.6. The Balaban J connectivity index is 1.24. The molecule has 0 atom stereocenters. The van der Waals surface area contributed by atoms with Crippen molar-refractivity contribution in [2.24, 2.45) is 0 Å². The van der Waals surface area contributed by atoms with Crippen LogP contribution in [0.5, 0.6) is 0 Å². The van der Waals surface area contributed by atoms with E-state index < -0.39 is 5.92 Å². The van der Waals surface area contributed by atoms with Crippen molar-refractivity contribution in [2.45, 2.75) is 18.9 Å². The summed E-state index contributed by atoms with van der Waals surface area (Å²) in [6.45, 7) is 0.637. The number of benzene rings is 1. The molecule has 1 aliphatic rings. The van der Waals surface area contributed by atoms with Gasteiger partial charge in [-0.15, -0.1) is 0 Å². The standard InChI is InChI=1S/C27H21F2N7S/c28-27(29)5-7-36(15-27)13-16-9-19(12-30-11-16)17-1-2-22-21(10-17)24(35-34-22)26-32-23-20(18-4-8-37-14-18)3-6-31-25(23)33-26/h1-4,6,8-12,14H,5,7,13,15H2,(H,34,35)(H,31,32,33). The maximum atomic E-state index is 13.6. The molecule has 2 N–H and O–H groups in total. The SMILES string of the molecule is FC1(F)CCN(Cc2cncc(-c3ccc4[nH]nc(-c5nc6nccc(-c7ccsc7)c6[nH]5)c4c3)c2)C1. The molecule has 0 bridgehead atoms. The molecule has 0 amide bonds. The van der Waals surface area contributed by atoms with Crippen molar-refractivity contribution in [3.05, 3.63) is 71.3 Å². The van der Waals surface area contributed by atoms with E-state index in [9.17, 15) is 8.78 Å². The predicted octanol–water partition coefficient (Wildman–Crippen LogP) is 6.13. The van der Waals surface area contributed by atoms with Crippen molar-refractivity contribution >= 4 is 33.4 Å². The molecule has 0 unspecified atom stereocenters. The van der Waals surface area contributed by atoms with E-state index in [0.29, 0.717) is 30.3 Å². The van der Waals surface area contributed by atoms with E-state index in [4.69, 9.17) is 4.98 Å². The number of halogens is 2. The van der Waals surface area contributed by atoms with Crippen LogP contribution in [0.15, 0.2) is 65.7 Å². The number of aromatic amines is 2. The zero-order chi connectivity index (χ0) is 25.0. The largest absolute Gasteiger partial charge is 0.335 e. The van der Waals surface area contributed by atoms with Crippen LogP contribution in [0.1, 0.15) is 12.0 Å². The van der Waals surface area contributed by atoms with Gasteiger partial charge in [0.1, 0.15) is 5.69 Å². The van der Waals surface area contributed by atoms with Gasteiger partial charge in [0.15, 0.2) is 11.5 Å². The fraction of sp³-hybridized carbons (Fsp3) is 0.185. The first-order chi connectivity index (χ1) is 18.0. The molecule has 6 heterocycles. The Morgan fingerprint density at radius 1 is 1.05 bits per heavy atom. The number of fused-ring (bicyclic) bond motifs is 2. The van der Waals surface area contributed by atoms with Crippen LogP contribution < -0.4 is 0 Å². The molecule has 7 nitrogen and oxygen atoms in total. The highest BCUT2D eigenvalue weighted by Gasteiger charge is 2.37. The Labute approximate surface area is 214 Å². The second kappa shape index (κ2) is 8.53. The first-order valence-corrected chi connectivity index (χ1v) is 12.9. The number of imidazole rings is 1. The fourth-order valence-electron chi connectivity index (χ4n) is 4.99. The minimum absolute atomic E-state index is 0.0912. The van der Waals surface area contributed by atoms with Crippen molar-refractivity contribution in [3.63, 3.8) is 0 Å². The number of pyridine rings is 2. The molecule has 0 spiro atoms. The van der Waals surface area contributed by atoms with Crippen LogP contribution in [0.2, 0.25) is 0 Å². The molecule has 0 aliphatic carbocycles. The summed E-state index contributed by atoms with van der Waals surface area (Å²) in [5.74, 6) is -1.97. The van der Waals surface area contributed by atoms with Crippen LogP contribution in [0, 0.1) is 0 Å². The zero-order valence-corrected chi connectivity index (χ0v) is 20.4. The van der Waals surface area contributed by atoms with Gasteiger partial charge in [-0.05, 0) is 57.8 Å². The minimum Gasteiger partial charge on any atom is -0.335 e. The number of likely N-dealkylation sites (tertiary alicyclic amines) is 1. The smallest absolute Gasteiger partial charge is 0.261 e. The van der Waals surface area contributed by atoms with Crippen molar-refractivity contribution < 1.29 is 8.78 Å². The lowest BCUT2D eigenvalue weighted by atomic mass is 10.0. The fourth-order valence-corrected chi connectivity index (χ4v) is 5.64. The number of hydrogen-bond acceptors (Lipinski definition) is 6. The van der Waals surface area contributed by atoms with Gasteiger partial charge in [-0.1, -0.05) is 6.07 Å². The highest BCUT2D eigenvalue weighted by molar-refractivity contribution is 7.08. The Bertz CT molecular complexity index is 1740. The van der Waals surface area contributed by atoms with Crippen LogP contribution in [-0.2, 0) is 6.54 Å². The molecule has 0 saturated carbocycles. The molecule has 6 aromatic rings. The predicted molar refractivity (Wildman–Crippen MR) is 140 cm³/mol. The van der Waals surface area contributed by atoms with Gasteiger partial charge in [0.25, 0.3) is 5.92 Å². The van der Waals surface area contributed by atoms with Gasteiger partial charge in [0, 0.05) is 54.6 Å². The summed E-state index contributed by atoms with van der Waals surface area (Å²) in [5, 5.41) is 12.7. The molecule has 37 heavy (non-hydrogen) atoms. The zero-order valence-electron chi connectivity index (χ0n) is 19.6. The summed E-state index contributed by atoms with van der Waals surface area (Å²) >= 11 is 1.65. The summed E-state index contributed by atoms with van der Waals surface area (Å²) in [7, 11) is 0. The summed E-state index contributed by atoms with van der Waals surface area (Å²) in [4.78, 5) is 18.8. The number of nitrogens with zero attached hydrogens (tertiary/aromatic N) is 5. The van der Waals surface area contributed by atoms with Crippen LogP contribution in [0.25, 0.3) is 55.8 Å². The van der Waals surface area contributed by atoms with Gasteiger partial charge >= 0.3 is 0 Å². The van der Waals surface area contributed by atoms with Crippen LogP contribution in [-0.4, -0.2) is 54.0 Å². The number of nitrogens with one attached hydrogen (secondary N) is 2. The van der Waals surface area contributed by atoms with Gasteiger partial charge in [0.05, 0.1) is 17.6 Å². The normalized spacial score (nSPS) is 15.7. The molecule has 7 rings (SSSR count). The number of thiophene rings is 1. The van der Waals surface area contributed by atoms with E-state index in [2.05, 4.69) is 42.7 Å². The number of H-pyrrole nitrogens is 2. The van der Waals surface area contributed by atoms with Crippen molar-refractivity contribution in [1.82, 2.24) is 35.0 Å². The molecule has 0 radical (unpaired) electrons. The van der Waals surface area contributed by atoms with Crippen molar-refractivity contribution in [1.29, 1.82) is 0 Å². The number of hydrogen-bond donors (Lipinski definition) is 2. The number of aromatic nitrogens is 6. The van der Waals surface area contributed by atoms with Crippen molar-refractivity contribution in [2.75, 3.05) is 13.1 Å². The van der Waals surface area contributed by atoms with Gasteiger partial charge in [0.2, 0.25) is 0 Å². The summed E-state index contributed by atoms with van der Waals surface area (Å²) in [6, 6.07) is 12.1. The Hall–Kier alpha value is -4.02. The third-order valence-corrected chi connectivity index (χ3v) is 7.48. The highest BCUT2D eigenvalue weighted by Crippen LogP contribution is 2.33. The second-order valence-corrected chi connectivity index (χ2v) is 10.2. The lowest BCUT2D eigenvalue weighted by Gasteiger charge is -2.15. The van der Waals surface area contributed by atoms with Crippen LogP contribution in [0.3, 0.4) is 0 Å². The first kappa shape index (κ1) is 22.2. The third kappa shape index (κ3) is 4.08. The maximum Gasteiger partial charge on any atom is 0.261 e. The third-order valence-electron chi connectivity index (χ3n) is 6.79. The molecular weight excluding hydrogens is 492 g/mol. The molecule has 1 aromatic carbocycles. The molecule has 1 saturated heterocycles. The Kier molecular flexibility index (Phi) is 5.12. The van der Waals surface area contributed by atoms with Crippen molar-refractivity contribution in [3.8, 4) is 33.8 Å². The molecule has 1 fully saturated rings.